The van der Waals surface area contributed by atoms with Crippen LogP contribution >= 0.6 is 0 Å². The molecular formula is C18H18F2N4O2. The third-order valence-corrected chi connectivity index (χ3v) is 3.65. The zero-order valence-corrected chi connectivity index (χ0v) is 14.1. The first-order chi connectivity index (χ1) is 12.7. The number of benzene rings is 1. The quantitative estimate of drug-likeness (QED) is 0.669. The van der Waals surface area contributed by atoms with Crippen molar-refractivity contribution in [2.75, 3.05) is 7.11 Å². The summed E-state index contributed by atoms with van der Waals surface area (Å²) in [6.45, 7) is -1.72. The Morgan fingerprint density at radius 3 is 2.58 bits per heavy atom. The van der Waals surface area contributed by atoms with Crippen LogP contribution < -0.4 is 14.8 Å². The Balaban J connectivity index is 1.60. The number of aromatic nitrogens is 3. The van der Waals surface area contributed by atoms with Gasteiger partial charge in [0, 0.05) is 31.7 Å². The third-order valence-electron chi connectivity index (χ3n) is 3.65. The molecule has 2 aromatic heterocycles. The number of alkyl halides is 2. The van der Waals surface area contributed by atoms with Crippen molar-refractivity contribution in [3.63, 3.8) is 0 Å². The molecule has 0 aliphatic heterocycles. The zero-order chi connectivity index (χ0) is 18.4. The van der Waals surface area contributed by atoms with Crippen molar-refractivity contribution in [1.29, 1.82) is 0 Å². The summed E-state index contributed by atoms with van der Waals surface area (Å²) < 4.78 is 35.9. The van der Waals surface area contributed by atoms with Gasteiger partial charge in [-0.15, -0.1) is 0 Å². The minimum absolute atomic E-state index is 0.0178. The van der Waals surface area contributed by atoms with Crippen molar-refractivity contribution in [1.82, 2.24) is 20.1 Å². The molecule has 26 heavy (non-hydrogen) atoms. The van der Waals surface area contributed by atoms with Gasteiger partial charge >= 0.3 is 6.61 Å². The van der Waals surface area contributed by atoms with Crippen LogP contribution in [0.15, 0.2) is 55.0 Å². The highest BCUT2D eigenvalue weighted by molar-refractivity contribution is 5.43. The topological polar surface area (TPSA) is 61.2 Å². The van der Waals surface area contributed by atoms with Gasteiger partial charge in [0.25, 0.3) is 0 Å². The average molecular weight is 360 g/mol. The van der Waals surface area contributed by atoms with E-state index in [4.69, 9.17) is 4.74 Å². The van der Waals surface area contributed by atoms with E-state index in [0.717, 1.165) is 16.9 Å². The van der Waals surface area contributed by atoms with E-state index in [1.165, 1.54) is 13.2 Å². The summed E-state index contributed by atoms with van der Waals surface area (Å²) in [5, 5.41) is 7.46. The van der Waals surface area contributed by atoms with Crippen LogP contribution in [0, 0.1) is 0 Å². The maximum absolute atomic E-state index is 12.4. The highest BCUT2D eigenvalue weighted by Crippen LogP contribution is 2.29. The molecule has 0 fully saturated rings. The van der Waals surface area contributed by atoms with Crippen LogP contribution in [0.4, 0.5) is 8.78 Å². The Morgan fingerprint density at radius 2 is 1.88 bits per heavy atom. The normalized spacial score (nSPS) is 10.9. The first-order valence-corrected chi connectivity index (χ1v) is 7.93. The fraction of sp³-hybridized carbons (Fsp3) is 0.222. The zero-order valence-electron chi connectivity index (χ0n) is 14.1. The van der Waals surface area contributed by atoms with Gasteiger partial charge in [-0.25, -0.2) is 9.67 Å². The number of rotatable bonds is 8. The van der Waals surface area contributed by atoms with Gasteiger partial charge in [-0.3, -0.25) is 0 Å². The van der Waals surface area contributed by atoms with Gasteiger partial charge in [0.2, 0.25) is 0 Å². The lowest BCUT2D eigenvalue weighted by Gasteiger charge is -2.12. The molecule has 136 valence electrons. The van der Waals surface area contributed by atoms with E-state index in [1.54, 1.807) is 29.2 Å². The second-order valence-electron chi connectivity index (χ2n) is 5.44. The number of halogens is 2. The molecule has 0 amide bonds. The van der Waals surface area contributed by atoms with Crippen LogP contribution in [0.2, 0.25) is 0 Å². The van der Waals surface area contributed by atoms with Crippen LogP contribution in [0.25, 0.3) is 5.82 Å². The molecule has 0 atom stereocenters. The van der Waals surface area contributed by atoms with Crippen molar-refractivity contribution in [3.05, 3.63) is 66.1 Å². The van der Waals surface area contributed by atoms with Gasteiger partial charge in [0.15, 0.2) is 17.3 Å². The van der Waals surface area contributed by atoms with Crippen LogP contribution in [-0.4, -0.2) is 28.5 Å². The number of nitrogens with zero attached hydrogens (tertiary/aromatic N) is 3. The standard InChI is InChI=1S/C18H18F2N4O2/c1-25-16-9-13(3-4-15(16)26-18(19)20)11-21-12-14-5-7-22-17(10-14)24-8-2-6-23-24/h2-10,18,21H,11-12H2,1H3. The first-order valence-electron chi connectivity index (χ1n) is 7.93. The van der Waals surface area contributed by atoms with Gasteiger partial charge < -0.3 is 14.8 Å². The lowest BCUT2D eigenvalue weighted by atomic mass is 10.2. The molecule has 3 rings (SSSR count). The summed E-state index contributed by atoms with van der Waals surface area (Å²) in [5.74, 6) is 1.03. The monoisotopic (exact) mass is 360 g/mol. The van der Waals surface area contributed by atoms with Gasteiger partial charge in [-0.2, -0.15) is 13.9 Å². The number of pyridine rings is 1. The Bertz CT molecular complexity index is 841. The number of nitrogens with one attached hydrogen (secondary N) is 1. The lowest BCUT2D eigenvalue weighted by molar-refractivity contribution is -0.0512. The van der Waals surface area contributed by atoms with Crippen molar-refractivity contribution in [3.8, 4) is 17.3 Å². The van der Waals surface area contributed by atoms with E-state index in [-0.39, 0.29) is 11.5 Å². The highest BCUT2D eigenvalue weighted by atomic mass is 19.3. The molecule has 3 aromatic rings. The van der Waals surface area contributed by atoms with Crippen LogP contribution in [0.3, 0.4) is 0 Å². The van der Waals surface area contributed by atoms with Crippen molar-refractivity contribution >= 4 is 0 Å². The second kappa shape index (κ2) is 8.39. The Hall–Kier alpha value is -3.00. The lowest BCUT2D eigenvalue weighted by Crippen LogP contribution is -2.13. The molecule has 0 unspecified atom stereocenters. The van der Waals surface area contributed by atoms with E-state index in [1.807, 2.05) is 24.4 Å². The smallest absolute Gasteiger partial charge is 0.387 e. The van der Waals surface area contributed by atoms with Crippen molar-refractivity contribution in [2.45, 2.75) is 19.7 Å². The van der Waals surface area contributed by atoms with Crippen molar-refractivity contribution < 1.29 is 18.3 Å². The molecule has 8 heteroatoms. The maximum Gasteiger partial charge on any atom is 0.387 e. The molecule has 2 heterocycles. The summed E-state index contributed by atoms with van der Waals surface area (Å²) in [6, 6.07) is 10.6. The van der Waals surface area contributed by atoms with Crippen LogP contribution in [0.1, 0.15) is 11.1 Å². The Labute approximate surface area is 149 Å². The molecule has 1 aromatic carbocycles. The maximum atomic E-state index is 12.4. The molecule has 0 aliphatic rings. The largest absolute Gasteiger partial charge is 0.493 e. The van der Waals surface area contributed by atoms with Gasteiger partial charge in [0.1, 0.15) is 0 Å². The molecule has 0 aliphatic carbocycles. The van der Waals surface area contributed by atoms with Gasteiger partial charge in [-0.05, 0) is 41.5 Å². The molecule has 0 radical (unpaired) electrons. The van der Waals surface area contributed by atoms with E-state index >= 15 is 0 Å². The number of ether oxygens (including phenoxy) is 2. The fourth-order valence-corrected chi connectivity index (χ4v) is 2.47. The summed E-state index contributed by atoms with van der Waals surface area (Å²) in [4.78, 5) is 4.29. The van der Waals surface area contributed by atoms with E-state index < -0.39 is 6.61 Å². The van der Waals surface area contributed by atoms with Gasteiger partial charge in [-0.1, -0.05) is 6.07 Å². The van der Waals surface area contributed by atoms with Crippen LogP contribution in [0.5, 0.6) is 11.5 Å². The number of methoxy groups -OCH3 is 1. The van der Waals surface area contributed by atoms with E-state index in [0.29, 0.717) is 13.1 Å². The summed E-state index contributed by atoms with van der Waals surface area (Å²) in [6.07, 6.45) is 5.25. The van der Waals surface area contributed by atoms with E-state index in [2.05, 4.69) is 20.1 Å². The minimum Gasteiger partial charge on any atom is -0.493 e. The predicted molar refractivity (Wildman–Crippen MR) is 91.5 cm³/mol. The molecule has 1 N–H and O–H groups in total. The number of hydrogen-bond donors (Lipinski definition) is 1. The molecule has 0 bridgehead atoms. The number of hydrogen-bond acceptors (Lipinski definition) is 5. The molecule has 0 saturated carbocycles. The Kier molecular flexibility index (Phi) is 5.75. The average Bonchev–Trinajstić information content (AvgIpc) is 3.17. The van der Waals surface area contributed by atoms with E-state index in [9.17, 15) is 8.78 Å². The Morgan fingerprint density at radius 1 is 1.08 bits per heavy atom. The third kappa shape index (κ3) is 4.54. The molecular weight excluding hydrogens is 342 g/mol. The molecule has 0 saturated heterocycles. The summed E-state index contributed by atoms with van der Waals surface area (Å²) in [5.41, 5.74) is 1.94. The molecule has 6 nitrogen and oxygen atoms in total. The molecule has 0 spiro atoms. The fourth-order valence-electron chi connectivity index (χ4n) is 2.47. The van der Waals surface area contributed by atoms with Gasteiger partial charge in [0.05, 0.1) is 7.11 Å². The second-order valence-corrected chi connectivity index (χ2v) is 5.44. The SMILES string of the molecule is COc1cc(CNCc2ccnc(-n3cccn3)c2)ccc1OC(F)F. The van der Waals surface area contributed by atoms with Crippen molar-refractivity contribution in [2.24, 2.45) is 0 Å². The highest BCUT2D eigenvalue weighted by Gasteiger charge is 2.11. The summed E-state index contributed by atoms with van der Waals surface area (Å²) in [7, 11) is 1.42. The predicted octanol–water partition coefficient (Wildman–Crippen LogP) is 3.17. The van der Waals surface area contributed by atoms with Crippen LogP contribution in [-0.2, 0) is 13.1 Å². The first kappa shape index (κ1) is 17.8. The summed E-state index contributed by atoms with van der Waals surface area (Å²) >= 11 is 0. The minimum atomic E-state index is -2.89.